The average Bonchev–Trinajstić information content (AvgIpc) is 3.58. The molecular weight excluding hydrogens is 456 g/mol. The zero-order valence-electron chi connectivity index (χ0n) is 18.9. The number of carbonyl (C=O) groups is 2. The van der Waals surface area contributed by atoms with Gasteiger partial charge >= 0.3 is 0 Å². The van der Waals surface area contributed by atoms with Gasteiger partial charge < -0.3 is 21.5 Å². The van der Waals surface area contributed by atoms with Gasteiger partial charge in [0.15, 0.2) is 11.6 Å². The van der Waals surface area contributed by atoms with Crippen LogP contribution < -0.4 is 21.5 Å². The van der Waals surface area contributed by atoms with E-state index in [4.69, 9.17) is 16.2 Å². The summed E-state index contributed by atoms with van der Waals surface area (Å²) in [7, 11) is 0. The summed E-state index contributed by atoms with van der Waals surface area (Å²) in [6.45, 7) is 5.22. The Kier molecular flexibility index (Phi) is 6.21. The molecule has 2 aromatic carbocycles. The molecule has 1 aliphatic rings. The van der Waals surface area contributed by atoms with Crippen molar-refractivity contribution in [2.75, 3.05) is 12.3 Å². The lowest BCUT2D eigenvalue weighted by atomic mass is 9.91. The van der Waals surface area contributed by atoms with Gasteiger partial charge in [0.2, 0.25) is 11.8 Å². The third-order valence-electron chi connectivity index (χ3n) is 5.92. The average molecular weight is 479 g/mol. The number of ether oxygens (including phenoxy) is 1. The molecule has 2 amide bonds. The van der Waals surface area contributed by atoms with Crippen molar-refractivity contribution in [3.05, 3.63) is 72.1 Å². The fraction of sp³-hybridized carbons (Fsp3) is 0.200. The van der Waals surface area contributed by atoms with Crippen LogP contribution in [0.15, 0.2) is 49.3 Å². The topological polar surface area (TPSA) is 133 Å². The zero-order chi connectivity index (χ0) is 25.3. The van der Waals surface area contributed by atoms with Crippen LogP contribution in [-0.4, -0.2) is 33.9 Å². The Morgan fingerprint density at radius 2 is 1.83 bits per heavy atom. The molecule has 8 nitrogen and oxygen atoms in total. The Labute approximate surface area is 200 Å². The minimum Gasteiger partial charge on any atom is -0.485 e. The lowest BCUT2D eigenvalue weighted by Crippen LogP contribution is -2.40. The summed E-state index contributed by atoms with van der Waals surface area (Å²) >= 11 is 0. The second-order valence-corrected chi connectivity index (χ2v) is 8.38. The van der Waals surface area contributed by atoms with Crippen molar-refractivity contribution in [3.8, 4) is 28.1 Å². The number of carbonyl (C=O) groups excluding carboxylic acids is 2. The highest BCUT2D eigenvalue weighted by Gasteiger charge is 2.45. The molecule has 3 aromatic rings. The molecule has 0 aliphatic heterocycles. The van der Waals surface area contributed by atoms with E-state index in [2.05, 4.69) is 21.9 Å². The molecule has 35 heavy (non-hydrogen) atoms. The maximum absolute atomic E-state index is 14.8. The van der Waals surface area contributed by atoms with E-state index in [0.29, 0.717) is 24.0 Å². The number of nitrogen functional groups attached to an aromatic ring is 1. The van der Waals surface area contributed by atoms with E-state index in [9.17, 15) is 18.4 Å². The fourth-order valence-corrected chi connectivity index (χ4v) is 3.86. The maximum Gasteiger partial charge on any atom is 0.249 e. The van der Waals surface area contributed by atoms with Crippen LogP contribution in [0.2, 0.25) is 0 Å². The molecule has 10 heteroatoms. The Morgan fingerprint density at radius 1 is 1.14 bits per heavy atom. The molecule has 1 aliphatic carbocycles. The van der Waals surface area contributed by atoms with Crippen molar-refractivity contribution >= 4 is 17.6 Å². The van der Waals surface area contributed by atoms with Gasteiger partial charge in [-0.15, -0.1) is 0 Å². The third kappa shape index (κ3) is 4.81. The molecule has 4 rings (SSSR count). The van der Waals surface area contributed by atoms with Crippen molar-refractivity contribution in [1.82, 2.24) is 15.3 Å². The summed E-state index contributed by atoms with van der Waals surface area (Å²) in [6, 6.07) is 5.91. The van der Waals surface area contributed by atoms with Crippen molar-refractivity contribution in [1.29, 1.82) is 0 Å². The summed E-state index contributed by atoms with van der Waals surface area (Å²) < 4.78 is 34.9. The predicted molar refractivity (Wildman–Crippen MR) is 126 cm³/mol. The van der Waals surface area contributed by atoms with Gasteiger partial charge in [0.05, 0.1) is 5.54 Å². The van der Waals surface area contributed by atoms with Crippen molar-refractivity contribution in [2.24, 2.45) is 5.73 Å². The highest BCUT2D eigenvalue weighted by Crippen LogP contribution is 2.41. The van der Waals surface area contributed by atoms with E-state index in [1.165, 1.54) is 30.6 Å². The van der Waals surface area contributed by atoms with Gasteiger partial charge in [-0.25, -0.2) is 18.7 Å². The number of nitrogens with two attached hydrogens (primary N) is 2. The smallest absolute Gasteiger partial charge is 0.249 e. The second kappa shape index (κ2) is 9.13. The number of aromatic nitrogens is 2. The fourth-order valence-electron chi connectivity index (χ4n) is 3.86. The van der Waals surface area contributed by atoms with Crippen LogP contribution in [0.5, 0.6) is 5.75 Å². The summed E-state index contributed by atoms with van der Waals surface area (Å²) in [5.41, 5.74) is 12.4. The summed E-state index contributed by atoms with van der Waals surface area (Å²) in [5, 5.41) is 2.84. The normalized spacial score (nSPS) is 13.7. The van der Waals surface area contributed by atoms with Gasteiger partial charge in [-0.2, -0.15) is 0 Å². The molecule has 0 bridgehead atoms. The van der Waals surface area contributed by atoms with Gasteiger partial charge in [-0.3, -0.25) is 9.59 Å². The summed E-state index contributed by atoms with van der Waals surface area (Å²) in [4.78, 5) is 32.0. The molecule has 0 atom stereocenters. The third-order valence-corrected chi connectivity index (χ3v) is 5.92. The SMILES string of the molecule is C=CC(=O)NC1(COc2c(N)ncnc2-c2cc(F)cc(-c3cc(F)ccc3C(N)=O)c2C)CC1. The maximum atomic E-state index is 14.8. The number of hydrogen-bond donors (Lipinski definition) is 3. The van der Waals surface area contributed by atoms with E-state index in [1.807, 2.05) is 0 Å². The second-order valence-electron chi connectivity index (χ2n) is 8.38. The Bertz CT molecular complexity index is 1360. The zero-order valence-corrected chi connectivity index (χ0v) is 18.9. The lowest BCUT2D eigenvalue weighted by molar-refractivity contribution is -0.117. The number of benzene rings is 2. The molecule has 0 unspecified atom stereocenters. The van der Waals surface area contributed by atoms with Crippen molar-refractivity contribution < 1.29 is 23.1 Å². The lowest BCUT2D eigenvalue weighted by Gasteiger charge is -2.20. The number of primary amides is 1. The molecule has 0 saturated heterocycles. The first-order valence-corrected chi connectivity index (χ1v) is 10.7. The number of halogens is 2. The molecule has 1 saturated carbocycles. The number of rotatable bonds is 8. The Morgan fingerprint density at radius 3 is 2.49 bits per heavy atom. The van der Waals surface area contributed by atoms with Gasteiger partial charge in [0.25, 0.3) is 0 Å². The number of anilines is 1. The largest absolute Gasteiger partial charge is 0.485 e. The first-order valence-electron chi connectivity index (χ1n) is 10.7. The van der Waals surface area contributed by atoms with Crippen LogP contribution in [0.3, 0.4) is 0 Å². The van der Waals surface area contributed by atoms with Crippen LogP contribution in [0.1, 0.15) is 28.8 Å². The van der Waals surface area contributed by atoms with Gasteiger partial charge in [0.1, 0.15) is 30.3 Å². The molecule has 1 aromatic heterocycles. The molecule has 0 radical (unpaired) electrons. The molecular formula is C25H23F2N5O3. The minimum absolute atomic E-state index is 0.0228. The van der Waals surface area contributed by atoms with Crippen molar-refractivity contribution in [2.45, 2.75) is 25.3 Å². The van der Waals surface area contributed by atoms with Gasteiger partial charge in [-0.05, 0) is 72.9 Å². The van der Waals surface area contributed by atoms with Gasteiger partial charge in [-0.1, -0.05) is 6.58 Å². The molecule has 180 valence electrons. The summed E-state index contributed by atoms with van der Waals surface area (Å²) in [5.74, 6) is -2.23. The number of nitrogens with zero attached hydrogens (tertiary/aromatic N) is 2. The van der Waals surface area contributed by atoms with E-state index < -0.39 is 23.1 Å². The first kappa shape index (κ1) is 23.8. The van der Waals surface area contributed by atoms with Crippen LogP contribution in [0, 0.1) is 18.6 Å². The molecule has 0 spiro atoms. The van der Waals surface area contributed by atoms with E-state index in [-0.39, 0.29) is 46.5 Å². The molecule has 1 fully saturated rings. The Balaban J connectivity index is 1.79. The Hall–Kier alpha value is -4.34. The van der Waals surface area contributed by atoms with E-state index in [0.717, 1.165) is 12.1 Å². The summed E-state index contributed by atoms with van der Waals surface area (Å²) in [6.07, 6.45) is 3.79. The van der Waals surface area contributed by atoms with E-state index in [1.54, 1.807) is 6.92 Å². The minimum atomic E-state index is -0.781. The highest BCUT2D eigenvalue weighted by atomic mass is 19.1. The highest BCUT2D eigenvalue weighted by molar-refractivity contribution is 6.00. The van der Waals surface area contributed by atoms with Gasteiger partial charge in [0, 0.05) is 11.1 Å². The van der Waals surface area contributed by atoms with Crippen LogP contribution in [0.25, 0.3) is 22.4 Å². The first-order chi connectivity index (χ1) is 16.6. The van der Waals surface area contributed by atoms with Crippen LogP contribution in [0.4, 0.5) is 14.6 Å². The number of nitrogens with one attached hydrogen (secondary N) is 1. The molecule has 5 N–H and O–H groups in total. The van der Waals surface area contributed by atoms with Crippen LogP contribution >= 0.6 is 0 Å². The predicted octanol–water partition coefficient (Wildman–Crippen LogP) is 3.29. The number of hydrogen-bond acceptors (Lipinski definition) is 6. The quantitative estimate of drug-likeness (QED) is 0.425. The van der Waals surface area contributed by atoms with Crippen molar-refractivity contribution in [3.63, 3.8) is 0 Å². The standard InChI is InChI=1S/C25H23F2N5O3/c1-3-20(33)32-25(6-7-25)11-35-22-21(30-12-31-23(22)28)18-10-15(27)9-17(13(18)2)19-8-14(26)4-5-16(19)24(29)34/h3-5,8-10,12H,1,6-7,11H2,2H3,(H2,29,34)(H,32,33)(H2,28,30,31). The number of amides is 2. The molecule has 1 heterocycles. The van der Waals surface area contributed by atoms with E-state index >= 15 is 0 Å². The van der Waals surface area contributed by atoms with Crippen LogP contribution in [-0.2, 0) is 4.79 Å². The monoisotopic (exact) mass is 479 g/mol.